The van der Waals surface area contributed by atoms with Gasteiger partial charge in [0.1, 0.15) is 17.2 Å². The summed E-state index contributed by atoms with van der Waals surface area (Å²) in [6, 6.07) is 9.09. The minimum absolute atomic E-state index is 0.000556. The summed E-state index contributed by atoms with van der Waals surface area (Å²) < 4.78 is 0. The topological polar surface area (TPSA) is 61.7 Å². The van der Waals surface area contributed by atoms with Crippen molar-refractivity contribution >= 4 is 17.4 Å². The van der Waals surface area contributed by atoms with E-state index in [1.807, 2.05) is 18.2 Å². The number of rotatable bonds is 4. The largest absolute Gasteiger partial charge is 0.506 e. The number of carbonyl (C=O) groups excluding carboxylic acids is 1. The number of aliphatic imine (C=N–C) groups is 1. The quantitative estimate of drug-likeness (QED) is 0.643. The molecule has 1 aliphatic rings. The van der Waals surface area contributed by atoms with Crippen LogP contribution >= 0.6 is 0 Å². The molecular formula is C15H18N2O2. The van der Waals surface area contributed by atoms with Crippen molar-refractivity contribution in [1.82, 2.24) is 5.32 Å². The molecule has 4 heteroatoms. The van der Waals surface area contributed by atoms with Crippen molar-refractivity contribution in [2.75, 3.05) is 13.1 Å². The zero-order chi connectivity index (χ0) is 13.7. The smallest absolute Gasteiger partial charge is 0.170 e. The van der Waals surface area contributed by atoms with Gasteiger partial charge in [-0.2, -0.15) is 0 Å². The molecule has 0 fully saturated rings. The molecule has 1 aliphatic heterocycles. The maximum Gasteiger partial charge on any atom is 0.170 e. The highest BCUT2D eigenvalue weighted by Gasteiger charge is 2.21. The van der Waals surface area contributed by atoms with E-state index >= 15 is 0 Å². The second-order valence-electron chi connectivity index (χ2n) is 4.38. The molecule has 0 saturated heterocycles. The maximum absolute atomic E-state index is 12.1. The fourth-order valence-corrected chi connectivity index (χ4v) is 1.99. The lowest BCUT2D eigenvalue weighted by Gasteiger charge is -2.17. The molecule has 1 aromatic carbocycles. The van der Waals surface area contributed by atoms with E-state index in [-0.39, 0.29) is 11.5 Å². The van der Waals surface area contributed by atoms with Crippen molar-refractivity contribution in [2.45, 2.75) is 19.8 Å². The second-order valence-corrected chi connectivity index (χ2v) is 4.38. The zero-order valence-corrected chi connectivity index (χ0v) is 11.0. The molecule has 1 aromatic rings. The first-order chi connectivity index (χ1) is 9.24. The zero-order valence-electron chi connectivity index (χ0n) is 11.0. The van der Waals surface area contributed by atoms with Crippen LogP contribution < -0.4 is 5.32 Å². The lowest BCUT2D eigenvalue weighted by Crippen LogP contribution is -2.34. The lowest BCUT2D eigenvalue weighted by molar-refractivity contribution is -0.114. The highest BCUT2D eigenvalue weighted by atomic mass is 16.3. The number of aliphatic hydroxyl groups excluding tert-OH is 1. The Hall–Kier alpha value is -2.10. The van der Waals surface area contributed by atoms with Gasteiger partial charge in [-0.1, -0.05) is 37.3 Å². The summed E-state index contributed by atoms with van der Waals surface area (Å²) >= 11 is 0. The van der Waals surface area contributed by atoms with Gasteiger partial charge >= 0.3 is 0 Å². The number of carbonyl (C=O) groups is 1. The average molecular weight is 258 g/mol. The van der Waals surface area contributed by atoms with Crippen molar-refractivity contribution in [2.24, 2.45) is 4.99 Å². The predicted molar refractivity (Wildman–Crippen MR) is 76.2 cm³/mol. The Morgan fingerprint density at radius 3 is 2.68 bits per heavy atom. The van der Waals surface area contributed by atoms with Crippen molar-refractivity contribution < 1.29 is 9.90 Å². The Kier molecular flexibility index (Phi) is 4.34. The van der Waals surface area contributed by atoms with Gasteiger partial charge in [0, 0.05) is 25.1 Å². The molecule has 0 atom stereocenters. The molecule has 2 rings (SSSR count). The number of nitrogens with one attached hydrogen (secondary N) is 1. The van der Waals surface area contributed by atoms with Gasteiger partial charge in [0.15, 0.2) is 5.78 Å². The minimum Gasteiger partial charge on any atom is -0.506 e. The third-order valence-electron chi connectivity index (χ3n) is 3.02. The summed E-state index contributed by atoms with van der Waals surface area (Å²) in [5.74, 6) is 0.412. The summed E-state index contributed by atoms with van der Waals surface area (Å²) in [5, 5.41) is 13.5. The summed E-state index contributed by atoms with van der Waals surface area (Å²) in [4.78, 5) is 16.4. The number of hydrogen-bond donors (Lipinski definition) is 2. The Balaban J connectivity index is 2.47. The Morgan fingerprint density at radius 2 is 2.11 bits per heavy atom. The Bertz CT molecular complexity index is 518. The highest BCUT2D eigenvalue weighted by molar-refractivity contribution is 6.25. The molecule has 2 N–H and O–H groups in total. The minimum atomic E-state index is -0.102. The number of benzene rings is 1. The van der Waals surface area contributed by atoms with Gasteiger partial charge in [0.05, 0.1) is 0 Å². The lowest BCUT2D eigenvalue weighted by atomic mass is 10.0. The molecular weight excluding hydrogens is 240 g/mol. The molecule has 0 aromatic heterocycles. The van der Waals surface area contributed by atoms with Gasteiger partial charge in [-0.15, -0.1) is 0 Å². The summed E-state index contributed by atoms with van der Waals surface area (Å²) in [6.07, 6.45) is 1.29. The number of ketones is 1. The monoisotopic (exact) mass is 258 g/mol. The first-order valence-electron chi connectivity index (χ1n) is 6.54. The number of amidine groups is 1. The SMILES string of the molecule is CCC(=O)/C(C1=NCCCN1)=C(/O)c1ccccc1. The molecule has 0 bridgehead atoms. The van der Waals surface area contributed by atoms with E-state index in [0.29, 0.717) is 29.9 Å². The summed E-state index contributed by atoms with van der Waals surface area (Å²) in [6.45, 7) is 3.25. The van der Waals surface area contributed by atoms with Crippen LogP contribution in [0.4, 0.5) is 0 Å². The standard InChI is InChI=1S/C15H18N2O2/c1-2-12(18)13(15-16-9-6-10-17-15)14(19)11-7-4-3-5-8-11/h3-5,7-8,19H,2,6,9-10H2,1H3,(H,16,17)/b14-13-. The molecule has 0 spiro atoms. The number of nitrogens with zero attached hydrogens (tertiary/aromatic N) is 1. The van der Waals surface area contributed by atoms with E-state index in [0.717, 1.165) is 13.0 Å². The molecule has 0 saturated carbocycles. The van der Waals surface area contributed by atoms with Crippen molar-refractivity contribution in [1.29, 1.82) is 0 Å². The fraction of sp³-hybridized carbons (Fsp3) is 0.333. The van der Waals surface area contributed by atoms with Gasteiger partial charge in [0.25, 0.3) is 0 Å². The van der Waals surface area contributed by atoms with E-state index in [4.69, 9.17) is 0 Å². The molecule has 0 radical (unpaired) electrons. The van der Waals surface area contributed by atoms with Crippen molar-refractivity contribution in [3.8, 4) is 0 Å². The average Bonchev–Trinajstić information content (AvgIpc) is 2.49. The van der Waals surface area contributed by atoms with Crippen LogP contribution in [-0.2, 0) is 4.79 Å². The second kappa shape index (κ2) is 6.18. The molecule has 0 unspecified atom stereocenters. The number of Topliss-reactive ketones (excluding diaryl/α,β-unsaturated/α-hetero) is 1. The third kappa shape index (κ3) is 3.02. The molecule has 1 heterocycles. The van der Waals surface area contributed by atoms with Crippen molar-refractivity contribution in [3.63, 3.8) is 0 Å². The Labute approximate surface area is 112 Å². The number of aliphatic hydroxyl groups is 1. The van der Waals surface area contributed by atoms with Crippen molar-refractivity contribution in [3.05, 3.63) is 41.5 Å². The maximum atomic E-state index is 12.1. The van der Waals surface area contributed by atoms with Crippen LogP contribution in [0.5, 0.6) is 0 Å². The van der Waals surface area contributed by atoms with E-state index in [2.05, 4.69) is 10.3 Å². The van der Waals surface area contributed by atoms with E-state index in [1.165, 1.54) is 0 Å². The van der Waals surface area contributed by atoms with Gasteiger partial charge in [0.2, 0.25) is 0 Å². The normalized spacial score (nSPS) is 16.2. The molecule has 0 amide bonds. The molecule has 100 valence electrons. The highest BCUT2D eigenvalue weighted by Crippen LogP contribution is 2.19. The molecule has 0 aliphatic carbocycles. The van der Waals surface area contributed by atoms with E-state index < -0.39 is 0 Å². The fourth-order valence-electron chi connectivity index (χ4n) is 1.99. The Morgan fingerprint density at radius 1 is 1.37 bits per heavy atom. The van der Waals surface area contributed by atoms with Crippen LogP contribution in [-0.4, -0.2) is 29.8 Å². The van der Waals surface area contributed by atoms with Gasteiger partial charge in [-0.3, -0.25) is 9.79 Å². The number of hydrogen-bond acceptors (Lipinski definition) is 4. The molecule has 19 heavy (non-hydrogen) atoms. The predicted octanol–water partition coefficient (Wildman–Crippen LogP) is 2.33. The first kappa shape index (κ1) is 13.3. The van der Waals surface area contributed by atoms with E-state index in [9.17, 15) is 9.90 Å². The van der Waals surface area contributed by atoms with Crippen LogP contribution in [0.25, 0.3) is 5.76 Å². The van der Waals surface area contributed by atoms with E-state index in [1.54, 1.807) is 19.1 Å². The summed E-state index contributed by atoms with van der Waals surface area (Å²) in [7, 11) is 0. The van der Waals surface area contributed by atoms with Crippen LogP contribution in [0, 0.1) is 0 Å². The first-order valence-corrected chi connectivity index (χ1v) is 6.54. The summed E-state index contributed by atoms with van der Waals surface area (Å²) in [5.41, 5.74) is 0.933. The van der Waals surface area contributed by atoms with Crippen LogP contribution in [0.15, 0.2) is 40.9 Å². The third-order valence-corrected chi connectivity index (χ3v) is 3.02. The van der Waals surface area contributed by atoms with Gasteiger partial charge in [-0.05, 0) is 6.42 Å². The van der Waals surface area contributed by atoms with Crippen LogP contribution in [0.3, 0.4) is 0 Å². The van der Waals surface area contributed by atoms with Gasteiger partial charge in [-0.25, -0.2) is 0 Å². The van der Waals surface area contributed by atoms with Gasteiger partial charge < -0.3 is 10.4 Å². The van der Waals surface area contributed by atoms with Crippen LogP contribution in [0.2, 0.25) is 0 Å². The molecule has 4 nitrogen and oxygen atoms in total. The van der Waals surface area contributed by atoms with Crippen LogP contribution in [0.1, 0.15) is 25.3 Å².